The quantitative estimate of drug-likeness (QED) is 0.375. The van der Waals surface area contributed by atoms with Crippen molar-refractivity contribution in [2.24, 2.45) is 0 Å². The molecule has 1 saturated heterocycles. The molecule has 1 fully saturated rings. The largest absolute Gasteiger partial charge is 0.497 e. The molecule has 0 saturated carbocycles. The van der Waals surface area contributed by atoms with Crippen LogP contribution in [0.4, 0.5) is 5.82 Å². The van der Waals surface area contributed by atoms with Gasteiger partial charge in [0, 0.05) is 38.4 Å². The Labute approximate surface area is 220 Å². The number of pyridine rings is 1. The second kappa shape index (κ2) is 10.2. The summed E-state index contributed by atoms with van der Waals surface area (Å²) in [5.74, 6) is 0.776. The monoisotopic (exact) mass is 533 g/mol. The van der Waals surface area contributed by atoms with Crippen molar-refractivity contribution in [2.45, 2.75) is 11.8 Å². The average Bonchev–Trinajstić information content (AvgIpc) is 3.31. The molecule has 11 heteroatoms. The molecule has 0 bridgehead atoms. The molecule has 196 valence electrons. The highest BCUT2D eigenvalue weighted by atomic mass is 32.2. The van der Waals surface area contributed by atoms with Crippen LogP contribution >= 0.6 is 0 Å². The summed E-state index contributed by atoms with van der Waals surface area (Å²) < 4.78 is 33.9. The molecule has 1 aliphatic rings. The molecule has 3 heterocycles. The van der Waals surface area contributed by atoms with Crippen LogP contribution in [0, 0.1) is 6.92 Å². The van der Waals surface area contributed by atoms with E-state index in [1.807, 2.05) is 19.1 Å². The van der Waals surface area contributed by atoms with E-state index in [-0.39, 0.29) is 10.6 Å². The van der Waals surface area contributed by atoms with Crippen LogP contribution in [-0.2, 0) is 10.0 Å². The SMILES string of the molecule is COc1cccc(S(=O)(=O)n2cc(C(=O)N3CCN(c4ncccc4C)CC3)n(-c3ccccc3)c2=O)c1. The van der Waals surface area contributed by atoms with Crippen LogP contribution in [-0.4, -0.2) is 66.0 Å². The molecule has 1 amide bonds. The molecule has 0 atom stereocenters. The standard InChI is InChI=1S/C27H27N5O5S/c1-20-8-7-13-28-25(20)29-14-16-30(17-15-29)26(33)24-19-31(27(34)32(24)21-9-4-3-5-10-21)38(35,36)23-12-6-11-22(18-23)37-2/h3-13,18-19H,14-17H2,1-2H3. The van der Waals surface area contributed by atoms with E-state index >= 15 is 0 Å². The second-order valence-electron chi connectivity index (χ2n) is 8.87. The van der Waals surface area contributed by atoms with E-state index in [9.17, 15) is 18.0 Å². The van der Waals surface area contributed by atoms with Crippen molar-refractivity contribution >= 4 is 21.7 Å². The molecule has 5 rings (SSSR count). The van der Waals surface area contributed by atoms with Gasteiger partial charge < -0.3 is 14.5 Å². The first-order chi connectivity index (χ1) is 18.3. The summed E-state index contributed by atoms with van der Waals surface area (Å²) >= 11 is 0. The van der Waals surface area contributed by atoms with E-state index in [2.05, 4.69) is 9.88 Å². The smallest absolute Gasteiger partial charge is 0.347 e. The number of carbonyl (C=O) groups is 1. The van der Waals surface area contributed by atoms with Gasteiger partial charge in [0.1, 0.15) is 17.3 Å². The number of ether oxygens (including phenoxy) is 1. The Morgan fingerprint density at radius 2 is 1.68 bits per heavy atom. The first-order valence-corrected chi connectivity index (χ1v) is 13.5. The zero-order chi connectivity index (χ0) is 26.9. The van der Waals surface area contributed by atoms with E-state index in [1.165, 1.54) is 25.3 Å². The number of aromatic nitrogens is 3. The second-order valence-corrected chi connectivity index (χ2v) is 10.7. The van der Waals surface area contributed by atoms with Crippen LogP contribution in [0.15, 0.2) is 88.8 Å². The summed E-state index contributed by atoms with van der Waals surface area (Å²) in [6.07, 6.45) is 2.85. The highest BCUT2D eigenvalue weighted by molar-refractivity contribution is 7.90. The normalized spacial score (nSPS) is 13.9. The van der Waals surface area contributed by atoms with Gasteiger partial charge in [-0.25, -0.2) is 18.2 Å². The van der Waals surface area contributed by atoms with Gasteiger partial charge in [-0.15, -0.1) is 0 Å². The van der Waals surface area contributed by atoms with Gasteiger partial charge in [-0.05, 0) is 42.8 Å². The number of piperazine rings is 1. The summed E-state index contributed by atoms with van der Waals surface area (Å²) in [6, 6.07) is 18.2. The lowest BCUT2D eigenvalue weighted by Crippen LogP contribution is -2.49. The van der Waals surface area contributed by atoms with E-state index in [0.29, 0.717) is 41.6 Å². The van der Waals surface area contributed by atoms with Crippen LogP contribution in [0.2, 0.25) is 0 Å². The fraction of sp³-hybridized carbons (Fsp3) is 0.222. The minimum absolute atomic E-state index is 0.0323. The van der Waals surface area contributed by atoms with Crippen molar-refractivity contribution in [2.75, 3.05) is 38.2 Å². The number of benzene rings is 2. The topological polar surface area (TPSA) is 107 Å². The molecule has 2 aromatic carbocycles. The Balaban J connectivity index is 1.52. The molecule has 4 aromatic rings. The minimum Gasteiger partial charge on any atom is -0.497 e. The molecular formula is C27H27N5O5S. The number of methoxy groups -OCH3 is 1. The highest BCUT2D eigenvalue weighted by Crippen LogP contribution is 2.22. The minimum atomic E-state index is -4.31. The van der Waals surface area contributed by atoms with Crippen molar-refractivity contribution in [3.63, 3.8) is 0 Å². The summed E-state index contributed by atoms with van der Waals surface area (Å²) in [4.78, 5) is 35.4. The van der Waals surface area contributed by atoms with Crippen molar-refractivity contribution in [3.8, 4) is 11.4 Å². The fourth-order valence-corrected chi connectivity index (χ4v) is 5.81. The van der Waals surface area contributed by atoms with Gasteiger partial charge in [0.2, 0.25) is 0 Å². The molecule has 2 aromatic heterocycles. The Hall–Kier alpha value is -4.38. The van der Waals surface area contributed by atoms with Gasteiger partial charge in [0.05, 0.1) is 23.9 Å². The number of imidazole rings is 1. The number of aryl methyl sites for hydroxylation is 1. The molecular weight excluding hydrogens is 506 g/mol. The van der Waals surface area contributed by atoms with E-state index in [4.69, 9.17) is 4.74 Å². The van der Waals surface area contributed by atoms with E-state index < -0.39 is 21.6 Å². The number of hydrogen-bond acceptors (Lipinski definition) is 7. The number of hydrogen-bond donors (Lipinski definition) is 0. The summed E-state index contributed by atoms with van der Waals surface area (Å²) in [7, 11) is -2.88. The summed E-state index contributed by atoms with van der Waals surface area (Å²) in [6.45, 7) is 3.89. The maximum Gasteiger partial charge on any atom is 0.347 e. The van der Waals surface area contributed by atoms with E-state index in [1.54, 1.807) is 47.5 Å². The molecule has 0 unspecified atom stereocenters. The third-order valence-corrected chi connectivity index (χ3v) is 8.17. The zero-order valence-corrected chi connectivity index (χ0v) is 21.8. The number of carbonyl (C=O) groups excluding carboxylic acids is 1. The molecule has 10 nitrogen and oxygen atoms in total. The van der Waals surface area contributed by atoms with Crippen molar-refractivity contribution in [1.82, 2.24) is 18.4 Å². The van der Waals surface area contributed by atoms with Crippen LogP contribution in [0.1, 0.15) is 16.1 Å². The lowest BCUT2D eigenvalue weighted by Gasteiger charge is -2.36. The molecule has 0 radical (unpaired) electrons. The Bertz CT molecular complexity index is 1640. The molecule has 0 aliphatic carbocycles. The maximum atomic E-state index is 13.7. The van der Waals surface area contributed by atoms with Gasteiger partial charge in [-0.3, -0.25) is 9.36 Å². The maximum absolute atomic E-state index is 13.7. The van der Waals surface area contributed by atoms with Crippen molar-refractivity contribution in [3.05, 3.63) is 101 Å². The number of rotatable bonds is 6. The zero-order valence-electron chi connectivity index (χ0n) is 21.0. The lowest BCUT2D eigenvalue weighted by atomic mass is 10.2. The van der Waals surface area contributed by atoms with Crippen LogP contribution in [0.5, 0.6) is 5.75 Å². The molecule has 0 spiro atoms. The van der Waals surface area contributed by atoms with Crippen molar-refractivity contribution < 1.29 is 17.9 Å². The third kappa shape index (κ3) is 4.56. The number of amides is 1. The Morgan fingerprint density at radius 1 is 0.947 bits per heavy atom. The van der Waals surface area contributed by atoms with Crippen LogP contribution in [0.25, 0.3) is 5.69 Å². The van der Waals surface area contributed by atoms with Gasteiger partial charge in [0.15, 0.2) is 0 Å². The first kappa shape index (κ1) is 25.3. The Kier molecular flexibility index (Phi) is 6.77. The van der Waals surface area contributed by atoms with Gasteiger partial charge in [-0.1, -0.05) is 30.3 Å². The third-order valence-electron chi connectivity index (χ3n) is 6.54. The number of nitrogens with zero attached hydrogens (tertiary/aromatic N) is 5. The predicted octanol–water partition coefficient (Wildman–Crippen LogP) is 2.55. The molecule has 0 N–H and O–H groups in total. The molecule has 38 heavy (non-hydrogen) atoms. The Morgan fingerprint density at radius 3 is 2.37 bits per heavy atom. The molecule has 1 aliphatic heterocycles. The number of anilines is 1. The van der Waals surface area contributed by atoms with Crippen molar-refractivity contribution in [1.29, 1.82) is 0 Å². The summed E-state index contributed by atoms with van der Waals surface area (Å²) in [5, 5.41) is 0. The average molecular weight is 534 g/mol. The van der Waals surface area contributed by atoms with Crippen LogP contribution < -0.4 is 15.3 Å². The van der Waals surface area contributed by atoms with Gasteiger partial charge in [-0.2, -0.15) is 3.97 Å². The summed E-state index contributed by atoms with van der Waals surface area (Å²) in [5.41, 5.74) is 0.550. The van der Waals surface area contributed by atoms with E-state index in [0.717, 1.165) is 22.1 Å². The predicted molar refractivity (Wildman–Crippen MR) is 143 cm³/mol. The highest BCUT2D eigenvalue weighted by Gasteiger charge is 2.31. The van der Waals surface area contributed by atoms with Crippen LogP contribution in [0.3, 0.4) is 0 Å². The van der Waals surface area contributed by atoms with Gasteiger partial charge in [0.25, 0.3) is 15.9 Å². The fourth-order valence-electron chi connectivity index (χ4n) is 4.54. The lowest BCUT2D eigenvalue weighted by molar-refractivity contribution is 0.0738. The first-order valence-electron chi connectivity index (χ1n) is 12.1. The number of para-hydroxylation sites is 1. The van der Waals surface area contributed by atoms with Gasteiger partial charge >= 0.3 is 5.69 Å².